The lowest BCUT2D eigenvalue weighted by molar-refractivity contribution is -0.114. The molecule has 3 heteroatoms. The Labute approximate surface area is 101 Å². The molecule has 1 saturated carbocycles. The molecule has 0 bridgehead atoms. The second kappa shape index (κ2) is 5.04. The molecule has 0 aliphatic heterocycles. The van der Waals surface area contributed by atoms with E-state index < -0.39 is 0 Å². The van der Waals surface area contributed by atoms with Crippen LogP contribution < -0.4 is 9.47 Å². The van der Waals surface area contributed by atoms with Gasteiger partial charge in [0.25, 0.3) is 0 Å². The third-order valence-corrected chi connectivity index (χ3v) is 2.98. The summed E-state index contributed by atoms with van der Waals surface area (Å²) in [4.78, 5) is 11.6. The van der Waals surface area contributed by atoms with Gasteiger partial charge in [0.1, 0.15) is 11.5 Å². The predicted molar refractivity (Wildman–Crippen MR) is 66.4 cm³/mol. The van der Waals surface area contributed by atoms with Crippen LogP contribution in [0.25, 0.3) is 6.08 Å². The Bertz CT molecular complexity index is 461. The predicted octanol–water partition coefficient (Wildman–Crippen LogP) is 2.84. The van der Waals surface area contributed by atoms with Crippen molar-refractivity contribution in [2.45, 2.75) is 19.3 Å². The summed E-state index contributed by atoms with van der Waals surface area (Å²) in [6, 6.07) is 5.61. The lowest BCUT2D eigenvalue weighted by Gasteiger charge is -2.08. The van der Waals surface area contributed by atoms with E-state index >= 15 is 0 Å². The zero-order valence-corrected chi connectivity index (χ0v) is 10.2. The first-order valence-electron chi connectivity index (χ1n) is 5.70. The molecule has 1 fully saturated rings. The van der Waals surface area contributed by atoms with Crippen LogP contribution >= 0.6 is 0 Å². The number of allylic oxidation sites excluding steroid dienone is 1. The maximum absolute atomic E-state index is 11.6. The SMILES string of the molecule is COc1ccc(/C=C2\CCCC2=O)c(OC)c1. The molecule has 0 unspecified atom stereocenters. The molecule has 3 nitrogen and oxygen atoms in total. The molecule has 0 saturated heterocycles. The van der Waals surface area contributed by atoms with Crippen molar-refractivity contribution in [3.63, 3.8) is 0 Å². The minimum Gasteiger partial charge on any atom is -0.497 e. The summed E-state index contributed by atoms with van der Waals surface area (Å²) < 4.78 is 10.4. The van der Waals surface area contributed by atoms with Gasteiger partial charge in [-0.25, -0.2) is 0 Å². The second-order valence-corrected chi connectivity index (χ2v) is 4.05. The Balaban J connectivity index is 2.35. The van der Waals surface area contributed by atoms with Crippen LogP contribution in [0.3, 0.4) is 0 Å². The van der Waals surface area contributed by atoms with Gasteiger partial charge in [0.05, 0.1) is 14.2 Å². The number of carbonyl (C=O) groups excluding carboxylic acids is 1. The van der Waals surface area contributed by atoms with E-state index in [1.165, 1.54) is 0 Å². The van der Waals surface area contributed by atoms with Crippen LogP contribution in [0.5, 0.6) is 11.5 Å². The molecule has 0 N–H and O–H groups in total. The number of ketones is 1. The second-order valence-electron chi connectivity index (χ2n) is 4.05. The number of ether oxygens (including phenoxy) is 2. The standard InChI is InChI=1S/C14H16O3/c1-16-12-7-6-11(14(9-12)17-2)8-10-4-3-5-13(10)15/h6-9H,3-5H2,1-2H3/b10-8+. The van der Waals surface area contributed by atoms with Crippen molar-refractivity contribution in [3.8, 4) is 11.5 Å². The number of methoxy groups -OCH3 is 2. The first kappa shape index (κ1) is 11.7. The lowest BCUT2D eigenvalue weighted by Crippen LogP contribution is -1.93. The highest BCUT2D eigenvalue weighted by Gasteiger charge is 2.17. The molecule has 1 aromatic carbocycles. The fourth-order valence-electron chi connectivity index (χ4n) is 2.02. The van der Waals surface area contributed by atoms with Gasteiger partial charge in [-0.05, 0) is 36.6 Å². The fraction of sp³-hybridized carbons (Fsp3) is 0.357. The summed E-state index contributed by atoms with van der Waals surface area (Å²) in [5.41, 5.74) is 1.83. The zero-order chi connectivity index (χ0) is 12.3. The highest BCUT2D eigenvalue weighted by molar-refractivity contribution is 6.01. The van der Waals surface area contributed by atoms with Gasteiger partial charge in [-0.3, -0.25) is 4.79 Å². The van der Waals surface area contributed by atoms with Gasteiger partial charge >= 0.3 is 0 Å². The third kappa shape index (κ3) is 2.49. The lowest BCUT2D eigenvalue weighted by atomic mass is 10.1. The Hall–Kier alpha value is -1.77. The van der Waals surface area contributed by atoms with E-state index in [4.69, 9.17) is 9.47 Å². The van der Waals surface area contributed by atoms with Crippen molar-refractivity contribution in [3.05, 3.63) is 29.3 Å². The molecule has 0 heterocycles. The number of carbonyl (C=O) groups is 1. The van der Waals surface area contributed by atoms with E-state index in [1.54, 1.807) is 14.2 Å². The van der Waals surface area contributed by atoms with Crippen molar-refractivity contribution in [1.29, 1.82) is 0 Å². The topological polar surface area (TPSA) is 35.5 Å². The minimum atomic E-state index is 0.253. The van der Waals surface area contributed by atoms with Crippen molar-refractivity contribution < 1.29 is 14.3 Å². The Morgan fingerprint density at radius 2 is 2.00 bits per heavy atom. The first-order valence-corrected chi connectivity index (χ1v) is 5.70. The molecule has 0 spiro atoms. The average Bonchev–Trinajstić information content (AvgIpc) is 2.75. The summed E-state index contributed by atoms with van der Waals surface area (Å²) in [6.07, 6.45) is 4.43. The third-order valence-electron chi connectivity index (χ3n) is 2.98. The summed E-state index contributed by atoms with van der Waals surface area (Å²) in [5.74, 6) is 1.74. The van der Waals surface area contributed by atoms with Gasteiger partial charge in [-0.15, -0.1) is 0 Å². The summed E-state index contributed by atoms with van der Waals surface area (Å²) >= 11 is 0. The van der Waals surface area contributed by atoms with Crippen LogP contribution in [0, 0.1) is 0 Å². The number of benzene rings is 1. The van der Waals surface area contributed by atoms with Crippen LogP contribution in [0.4, 0.5) is 0 Å². The number of hydrogen-bond acceptors (Lipinski definition) is 3. The number of hydrogen-bond donors (Lipinski definition) is 0. The van der Waals surface area contributed by atoms with E-state index in [-0.39, 0.29) is 5.78 Å². The first-order chi connectivity index (χ1) is 8.24. The monoisotopic (exact) mass is 232 g/mol. The molecule has 2 rings (SSSR count). The van der Waals surface area contributed by atoms with E-state index in [0.29, 0.717) is 6.42 Å². The number of Topliss-reactive ketones (excluding diaryl/α,β-unsaturated/α-hetero) is 1. The van der Waals surface area contributed by atoms with Crippen LogP contribution in [-0.2, 0) is 4.79 Å². The molecular formula is C14H16O3. The fourth-order valence-corrected chi connectivity index (χ4v) is 2.02. The minimum absolute atomic E-state index is 0.253. The van der Waals surface area contributed by atoms with Crippen molar-refractivity contribution >= 4 is 11.9 Å². The Kier molecular flexibility index (Phi) is 3.47. The highest BCUT2D eigenvalue weighted by Crippen LogP contribution is 2.29. The van der Waals surface area contributed by atoms with Crippen LogP contribution in [0.2, 0.25) is 0 Å². The van der Waals surface area contributed by atoms with E-state index in [1.807, 2.05) is 24.3 Å². The molecule has 1 aromatic rings. The van der Waals surface area contributed by atoms with E-state index in [0.717, 1.165) is 35.5 Å². The summed E-state index contributed by atoms with van der Waals surface area (Å²) in [7, 11) is 3.24. The molecule has 0 amide bonds. The smallest absolute Gasteiger partial charge is 0.158 e. The van der Waals surface area contributed by atoms with Gasteiger partial charge in [0.2, 0.25) is 0 Å². The number of rotatable bonds is 3. The molecule has 0 radical (unpaired) electrons. The highest BCUT2D eigenvalue weighted by atomic mass is 16.5. The van der Waals surface area contributed by atoms with Gasteiger partial charge in [-0.2, -0.15) is 0 Å². The van der Waals surface area contributed by atoms with Crippen LogP contribution in [0.1, 0.15) is 24.8 Å². The van der Waals surface area contributed by atoms with Crippen LogP contribution in [-0.4, -0.2) is 20.0 Å². The van der Waals surface area contributed by atoms with E-state index in [9.17, 15) is 4.79 Å². The summed E-state index contributed by atoms with van der Waals surface area (Å²) in [5, 5.41) is 0. The van der Waals surface area contributed by atoms with Gasteiger partial charge in [-0.1, -0.05) is 0 Å². The molecule has 0 aromatic heterocycles. The summed E-state index contributed by atoms with van der Waals surface area (Å²) in [6.45, 7) is 0. The van der Waals surface area contributed by atoms with Gasteiger partial charge in [0.15, 0.2) is 5.78 Å². The Morgan fingerprint density at radius 3 is 2.59 bits per heavy atom. The molecule has 1 aliphatic rings. The zero-order valence-electron chi connectivity index (χ0n) is 10.2. The average molecular weight is 232 g/mol. The molecule has 17 heavy (non-hydrogen) atoms. The van der Waals surface area contributed by atoms with E-state index in [2.05, 4.69) is 0 Å². The van der Waals surface area contributed by atoms with Gasteiger partial charge < -0.3 is 9.47 Å². The maximum Gasteiger partial charge on any atom is 0.158 e. The van der Waals surface area contributed by atoms with Crippen molar-refractivity contribution in [2.24, 2.45) is 0 Å². The largest absolute Gasteiger partial charge is 0.497 e. The quantitative estimate of drug-likeness (QED) is 0.752. The normalized spacial score (nSPS) is 17.5. The Morgan fingerprint density at radius 1 is 1.18 bits per heavy atom. The molecule has 90 valence electrons. The van der Waals surface area contributed by atoms with Crippen LogP contribution in [0.15, 0.2) is 23.8 Å². The molecule has 0 atom stereocenters. The maximum atomic E-state index is 11.6. The van der Waals surface area contributed by atoms with Crippen molar-refractivity contribution in [2.75, 3.05) is 14.2 Å². The molecule has 1 aliphatic carbocycles. The van der Waals surface area contributed by atoms with Crippen molar-refractivity contribution in [1.82, 2.24) is 0 Å². The molecular weight excluding hydrogens is 216 g/mol. The van der Waals surface area contributed by atoms with Gasteiger partial charge in [0, 0.05) is 18.1 Å².